The maximum Gasteiger partial charge on any atom is 0.213 e. The fraction of sp³-hybridized carbons (Fsp3) is 0.643. The normalized spacial score (nSPS) is 19.0. The van der Waals surface area contributed by atoms with Crippen molar-refractivity contribution in [3.05, 3.63) is 23.9 Å². The lowest BCUT2D eigenvalue weighted by Crippen LogP contribution is -2.38. The Hall–Kier alpha value is -1.17. The number of aliphatic hydroxyl groups excluding tert-OH is 1. The first kappa shape index (κ1) is 14.2. The predicted octanol–water partition coefficient (Wildman–Crippen LogP) is 0.636. The summed E-state index contributed by atoms with van der Waals surface area (Å²) in [5.41, 5.74) is 0.978. The minimum Gasteiger partial charge on any atom is -0.481 e. The summed E-state index contributed by atoms with van der Waals surface area (Å²) in [7, 11) is 1.63. The molecule has 19 heavy (non-hydrogen) atoms. The number of aliphatic hydroxyl groups is 1. The molecule has 2 N–H and O–H groups in total. The van der Waals surface area contributed by atoms with E-state index in [1.807, 2.05) is 18.2 Å². The van der Waals surface area contributed by atoms with Crippen LogP contribution in [-0.2, 0) is 6.54 Å². The van der Waals surface area contributed by atoms with Crippen molar-refractivity contribution in [2.45, 2.75) is 25.4 Å². The third kappa shape index (κ3) is 4.45. The monoisotopic (exact) mass is 265 g/mol. The molecule has 0 saturated carbocycles. The molecule has 1 saturated heterocycles. The SMILES string of the molecule is COc1cccc(CN(CCO)CC2CCCN2)n1. The highest BCUT2D eigenvalue weighted by Crippen LogP contribution is 2.11. The summed E-state index contributed by atoms with van der Waals surface area (Å²) < 4.78 is 5.14. The van der Waals surface area contributed by atoms with Gasteiger partial charge in [0.2, 0.25) is 5.88 Å². The summed E-state index contributed by atoms with van der Waals surface area (Å²) in [6.07, 6.45) is 2.46. The van der Waals surface area contributed by atoms with Crippen molar-refractivity contribution < 1.29 is 9.84 Å². The van der Waals surface area contributed by atoms with Gasteiger partial charge in [-0.15, -0.1) is 0 Å². The molecule has 0 amide bonds. The van der Waals surface area contributed by atoms with Gasteiger partial charge in [-0.05, 0) is 25.5 Å². The van der Waals surface area contributed by atoms with Crippen LogP contribution in [0.15, 0.2) is 18.2 Å². The molecule has 1 atom stereocenters. The van der Waals surface area contributed by atoms with Gasteiger partial charge in [0.15, 0.2) is 0 Å². The van der Waals surface area contributed by atoms with Crippen molar-refractivity contribution in [3.8, 4) is 5.88 Å². The lowest BCUT2D eigenvalue weighted by molar-refractivity contribution is 0.177. The molecule has 0 radical (unpaired) electrons. The first-order valence-corrected chi connectivity index (χ1v) is 6.88. The van der Waals surface area contributed by atoms with E-state index in [1.54, 1.807) is 7.11 Å². The fourth-order valence-electron chi connectivity index (χ4n) is 2.49. The molecule has 0 spiro atoms. The molecule has 2 rings (SSSR count). The van der Waals surface area contributed by atoms with Gasteiger partial charge < -0.3 is 15.2 Å². The third-order valence-electron chi connectivity index (χ3n) is 3.43. The maximum atomic E-state index is 9.18. The summed E-state index contributed by atoms with van der Waals surface area (Å²) in [5.74, 6) is 0.639. The standard InChI is InChI=1S/C14H23N3O2/c1-19-14-6-2-4-13(16-14)11-17(8-9-18)10-12-5-3-7-15-12/h2,4,6,12,15,18H,3,5,7-11H2,1H3. The van der Waals surface area contributed by atoms with Crippen LogP contribution >= 0.6 is 0 Å². The molecule has 5 heteroatoms. The molecule has 5 nitrogen and oxygen atoms in total. The number of methoxy groups -OCH3 is 1. The van der Waals surface area contributed by atoms with Crippen molar-refractivity contribution in [2.75, 3.05) is 33.4 Å². The van der Waals surface area contributed by atoms with Crippen molar-refractivity contribution in [3.63, 3.8) is 0 Å². The van der Waals surface area contributed by atoms with E-state index in [4.69, 9.17) is 4.74 Å². The summed E-state index contributed by atoms with van der Waals surface area (Å²) in [6, 6.07) is 6.33. The Kier molecular flexibility index (Phi) is 5.57. The molecular formula is C14H23N3O2. The van der Waals surface area contributed by atoms with Gasteiger partial charge in [-0.1, -0.05) is 6.07 Å². The van der Waals surface area contributed by atoms with Gasteiger partial charge in [-0.3, -0.25) is 4.90 Å². The zero-order valence-electron chi connectivity index (χ0n) is 11.5. The second-order valence-corrected chi connectivity index (χ2v) is 4.92. The number of nitrogens with one attached hydrogen (secondary N) is 1. The van der Waals surface area contributed by atoms with E-state index in [2.05, 4.69) is 15.2 Å². The molecule has 1 aliphatic heterocycles. The predicted molar refractivity (Wildman–Crippen MR) is 74.2 cm³/mol. The van der Waals surface area contributed by atoms with Gasteiger partial charge in [-0.25, -0.2) is 4.98 Å². The molecule has 1 fully saturated rings. The van der Waals surface area contributed by atoms with Crippen molar-refractivity contribution in [1.82, 2.24) is 15.2 Å². The quantitative estimate of drug-likeness (QED) is 0.757. The molecule has 1 aromatic rings. The number of hydrogen-bond donors (Lipinski definition) is 2. The van der Waals surface area contributed by atoms with Gasteiger partial charge in [0.25, 0.3) is 0 Å². The largest absolute Gasteiger partial charge is 0.481 e. The van der Waals surface area contributed by atoms with Crippen LogP contribution in [0.25, 0.3) is 0 Å². The number of pyridine rings is 1. The van der Waals surface area contributed by atoms with E-state index in [-0.39, 0.29) is 6.61 Å². The van der Waals surface area contributed by atoms with Gasteiger partial charge in [-0.2, -0.15) is 0 Å². The summed E-state index contributed by atoms with van der Waals surface area (Å²) in [6.45, 7) is 3.66. The van der Waals surface area contributed by atoms with Crippen LogP contribution < -0.4 is 10.1 Å². The molecule has 1 unspecified atom stereocenters. The van der Waals surface area contributed by atoms with Crippen molar-refractivity contribution in [2.24, 2.45) is 0 Å². The number of rotatable bonds is 7. The number of hydrogen-bond acceptors (Lipinski definition) is 5. The van der Waals surface area contributed by atoms with Crippen LogP contribution in [-0.4, -0.2) is 54.4 Å². The van der Waals surface area contributed by atoms with E-state index in [0.29, 0.717) is 18.5 Å². The van der Waals surface area contributed by atoms with E-state index in [0.717, 1.165) is 25.3 Å². The third-order valence-corrected chi connectivity index (χ3v) is 3.43. The molecule has 1 aliphatic rings. The summed E-state index contributed by atoms with van der Waals surface area (Å²) in [4.78, 5) is 6.66. The van der Waals surface area contributed by atoms with Crippen LogP contribution in [0.1, 0.15) is 18.5 Å². The smallest absolute Gasteiger partial charge is 0.213 e. The van der Waals surface area contributed by atoms with E-state index in [9.17, 15) is 5.11 Å². The second-order valence-electron chi connectivity index (χ2n) is 4.92. The van der Waals surface area contributed by atoms with E-state index in [1.165, 1.54) is 12.8 Å². The second kappa shape index (κ2) is 7.43. The molecule has 0 aromatic carbocycles. The Morgan fingerprint density at radius 3 is 3.11 bits per heavy atom. The Morgan fingerprint density at radius 2 is 2.42 bits per heavy atom. The maximum absolute atomic E-state index is 9.18. The lowest BCUT2D eigenvalue weighted by atomic mass is 10.2. The topological polar surface area (TPSA) is 57.6 Å². The molecule has 1 aromatic heterocycles. The van der Waals surface area contributed by atoms with E-state index >= 15 is 0 Å². The molecular weight excluding hydrogens is 242 g/mol. The highest BCUT2D eigenvalue weighted by molar-refractivity contribution is 5.15. The van der Waals surface area contributed by atoms with Crippen molar-refractivity contribution in [1.29, 1.82) is 0 Å². The van der Waals surface area contributed by atoms with E-state index < -0.39 is 0 Å². The van der Waals surface area contributed by atoms with Gasteiger partial charge in [0.05, 0.1) is 19.4 Å². The zero-order valence-corrected chi connectivity index (χ0v) is 11.5. The minimum absolute atomic E-state index is 0.177. The van der Waals surface area contributed by atoms with Crippen LogP contribution in [0.5, 0.6) is 5.88 Å². The van der Waals surface area contributed by atoms with Gasteiger partial charge >= 0.3 is 0 Å². The van der Waals surface area contributed by atoms with Gasteiger partial charge in [0.1, 0.15) is 0 Å². The molecule has 0 aliphatic carbocycles. The Balaban J connectivity index is 1.94. The Bertz CT molecular complexity index is 381. The van der Waals surface area contributed by atoms with Crippen LogP contribution in [0.3, 0.4) is 0 Å². The summed E-state index contributed by atoms with van der Waals surface area (Å²) >= 11 is 0. The first-order valence-electron chi connectivity index (χ1n) is 6.88. The Morgan fingerprint density at radius 1 is 1.53 bits per heavy atom. The highest BCUT2D eigenvalue weighted by Gasteiger charge is 2.18. The minimum atomic E-state index is 0.177. The Labute approximate surface area is 114 Å². The summed E-state index contributed by atoms with van der Waals surface area (Å²) in [5, 5.41) is 12.7. The van der Waals surface area contributed by atoms with Crippen LogP contribution in [0, 0.1) is 0 Å². The number of nitrogens with zero attached hydrogens (tertiary/aromatic N) is 2. The molecule has 2 heterocycles. The number of ether oxygens (including phenoxy) is 1. The average Bonchev–Trinajstić information content (AvgIpc) is 2.92. The lowest BCUT2D eigenvalue weighted by Gasteiger charge is -2.24. The highest BCUT2D eigenvalue weighted by atomic mass is 16.5. The van der Waals surface area contributed by atoms with Gasteiger partial charge in [0, 0.05) is 31.7 Å². The molecule has 106 valence electrons. The average molecular weight is 265 g/mol. The fourth-order valence-corrected chi connectivity index (χ4v) is 2.49. The zero-order chi connectivity index (χ0) is 13.5. The molecule has 0 bridgehead atoms. The number of aromatic nitrogens is 1. The van der Waals surface area contributed by atoms with Crippen LogP contribution in [0.4, 0.5) is 0 Å². The first-order chi connectivity index (χ1) is 9.31. The van der Waals surface area contributed by atoms with Crippen LogP contribution in [0.2, 0.25) is 0 Å². The van der Waals surface area contributed by atoms with Crippen molar-refractivity contribution >= 4 is 0 Å².